The Bertz CT molecular complexity index is 503. The molecule has 2 aliphatic rings. The van der Waals surface area contributed by atoms with E-state index in [1.54, 1.807) is 12.1 Å². The Balaban J connectivity index is 1.72. The van der Waals surface area contributed by atoms with Gasteiger partial charge in [-0.15, -0.1) is 0 Å². The van der Waals surface area contributed by atoms with E-state index < -0.39 is 0 Å². The predicted molar refractivity (Wildman–Crippen MR) is 72.5 cm³/mol. The Morgan fingerprint density at radius 1 is 1.21 bits per heavy atom. The maximum atomic E-state index is 14.0. The predicted octanol–water partition coefficient (Wildman–Crippen LogP) is 2.37. The summed E-state index contributed by atoms with van der Waals surface area (Å²) in [7, 11) is 0. The fourth-order valence-electron chi connectivity index (χ4n) is 3.20. The molecule has 1 aromatic carbocycles. The van der Waals surface area contributed by atoms with Crippen molar-refractivity contribution in [3.05, 3.63) is 29.6 Å². The van der Waals surface area contributed by atoms with Crippen LogP contribution in [-0.2, 0) is 0 Å². The fourth-order valence-corrected chi connectivity index (χ4v) is 3.20. The van der Waals surface area contributed by atoms with Crippen molar-refractivity contribution < 1.29 is 4.39 Å². The van der Waals surface area contributed by atoms with Crippen molar-refractivity contribution in [2.24, 2.45) is 0 Å². The number of nitriles is 1. The SMILES string of the molecule is N#Cc1ccc(N2CCC(N3CCCC3)C2)c(F)c1. The minimum atomic E-state index is -0.277. The third-order valence-corrected chi connectivity index (χ3v) is 4.24. The maximum absolute atomic E-state index is 14.0. The van der Waals surface area contributed by atoms with Gasteiger partial charge in [0.15, 0.2) is 0 Å². The normalized spacial score (nSPS) is 23.8. The molecule has 0 saturated carbocycles. The van der Waals surface area contributed by atoms with Gasteiger partial charge in [-0.05, 0) is 50.6 Å². The fraction of sp³-hybridized carbons (Fsp3) is 0.533. The van der Waals surface area contributed by atoms with Crippen LogP contribution in [0.15, 0.2) is 18.2 Å². The van der Waals surface area contributed by atoms with E-state index >= 15 is 0 Å². The number of anilines is 1. The van der Waals surface area contributed by atoms with Crippen molar-refractivity contribution in [2.45, 2.75) is 25.3 Å². The second kappa shape index (κ2) is 5.18. The Labute approximate surface area is 113 Å². The van der Waals surface area contributed by atoms with E-state index in [9.17, 15) is 4.39 Å². The highest BCUT2D eigenvalue weighted by Gasteiger charge is 2.30. The molecule has 3 nitrogen and oxygen atoms in total. The van der Waals surface area contributed by atoms with E-state index in [2.05, 4.69) is 9.80 Å². The van der Waals surface area contributed by atoms with Gasteiger partial charge in [-0.3, -0.25) is 4.90 Å². The first-order valence-electron chi connectivity index (χ1n) is 6.96. The average molecular weight is 259 g/mol. The van der Waals surface area contributed by atoms with Crippen molar-refractivity contribution in [2.75, 3.05) is 31.1 Å². The molecule has 1 aromatic rings. The van der Waals surface area contributed by atoms with Crippen LogP contribution in [0.4, 0.5) is 10.1 Å². The van der Waals surface area contributed by atoms with Gasteiger partial charge in [0.1, 0.15) is 5.82 Å². The summed E-state index contributed by atoms with van der Waals surface area (Å²) in [5, 5.41) is 8.77. The number of hydrogen-bond acceptors (Lipinski definition) is 3. The smallest absolute Gasteiger partial charge is 0.147 e. The lowest BCUT2D eigenvalue weighted by molar-refractivity contribution is 0.260. The topological polar surface area (TPSA) is 30.3 Å². The maximum Gasteiger partial charge on any atom is 0.147 e. The molecule has 100 valence electrons. The second-order valence-electron chi connectivity index (χ2n) is 5.41. The summed E-state index contributed by atoms with van der Waals surface area (Å²) in [4.78, 5) is 4.64. The van der Waals surface area contributed by atoms with Crippen molar-refractivity contribution in [1.29, 1.82) is 5.26 Å². The van der Waals surface area contributed by atoms with Crippen molar-refractivity contribution in [1.82, 2.24) is 4.90 Å². The lowest BCUT2D eigenvalue weighted by atomic mass is 10.2. The summed E-state index contributed by atoms with van der Waals surface area (Å²) < 4.78 is 14.0. The molecule has 0 N–H and O–H groups in total. The largest absolute Gasteiger partial charge is 0.368 e. The lowest BCUT2D eigenvalue weighted by Crippen LogP contribution is -2.35. The Kier molecular flexibility index (Phi) is 3.39. The number of hydrogen-bond donors (Lipinski definition) is 0. The van der Waals surface area contributed by atoms with Gasteiger partial charge in [-0.25, -0.2) is 4.39 Å². The Morgan fingerprint density at radius 2 is 2.00 bits per heavy atom. The number of likely N-dealkylation sites (tertiary alicyclic amines) is 1. The summed E-state index contributed by atoms with van der Waals surface area (Å²) in [6.07, 6.45) is 3.70. The van der Waals surface area contributed by atoms with Gasteiger partial charge < -0.3 is 4.90 Å². The monoisotopic (exact) mass is 259 g/mol. The summed E-state index contributed by atoms with van der Waals surface area (Å²) in [5.41, 5.74) is 1.03. The van der Waals surface area contributed by atoms with Crippen LogP contribution in [0, 0.1) is 17.1 Å². The van der Waals surface area contributed by atoms with Crippen LogP contribution in [-0.4, -0.2) is 37.1 Å². The van der Waals surface area contributed by atoms with E-state index in [0.29, 0.717) is 17.3 Å². The number of rotatable bonds is 2. The van der Waals surface area contributed by atoms with E-state index in [0.717, 1.165) is 19.5 Å². The number of benzene rings is 1. The molecule has 0 radical (unpaired) electrons. The molecule has 0 bridgehead atoms. The van der Waals surface area contributed by atoms with Crippen LogP contribution in [0.25, 0.3) is 0 Å². The molecule has 0 aliphatic carbocycles. The first-order valence-corrected chi connectivity index (χ1v) is 6.96. The van der Waals surface area contributed by atoms with Crippen LogP contribution in [0.3, 0.4) is 0 Å². The summed E-state index contributed by atoms with van der Waals surface area (Å²) in [6.45, 7) is 4.19. The van der Waals surface area contributed by atoms with Gasteiger partial charge in [-0.1, -0.05) is 0 Å². The highest BCUT2D eigenvalue weighted by Crippen LogP contribution is 2.27. The number of nitrogens with zero attached hydrogens (tertiary/aromatic N) is 3. The van der Waals surface area contributed by atoms with Gasteiger partial charge in [0.2, 0.25) is 0 Å². The van der Waals surface area contributed by atoms with Crippen LogP contribution in [0.2, 0.25) is 0 Å². The Morgan fingerprint density at radius 3 is 2.68 bits per heavy atom. The molecule has 2 heterocycles. The van der Waals surface area contributed by atoms with Crippen molar-refractivity contribution in [3.63, 3.8) is 0 Å². The highest BCUT2D eigenvalue weighted by atomic mass is 19.1. The highest BCUT2D eigenvalue weighted by molar-refractivity contribution is 5.52. The molecule has 3 rings (SSSR count). The molecule has 1 atom stereocenters. The molecule has 0 spiro atoms. The minimum absolute atomic E-state index is 0.277. The quantitative estimate of drug-likeness (QED) is 0.817. The zero-order valence-electron chi connectivity index (χ0n) is 11.0. The number of halogens is 1. The van der Waals surface area contributed by atoms with Crippen LogP contribution < -0.4 is 4.90 Å². The van der Waals surface area contributed by atoms with E-state index in [1.807, 2.05) is 6.07 Å². The van der Waals surface area contributed by atoms with Crippen molar-refractivity contribution >= 4 is 5.69 Å². The van der Waals surface area contributed by atoms with Crippen LogP contribution in [0.1, 0.15) is 24.8 Å². The molecule has 2 saturated heterocycles. The molecule has 2 fully saturated rings. The summed E-state index contributed by atoms with van der Waals surface area (Å²) >= 11 is 0. The van der Waals surface area contributed by atoms with Gasteiger partial charge in [0.25, 0.3) is 0 Å². The molecule has 1 unspecified atom stereocenters. The zero-order chi connectivity index (χ0) is 13.2. The molecule has 19 heavy (non-hydrogen) atoms. The third kappa shape index (κ3) is 2.43. The molecule has 2 aliphatic heterocycles. The van der Waals surface area contributed by atoms with Gasteiger partial charge in [0.05, 0.1) is 17.3 Å². The molecular formula is C15H18FN3. The lowest BCUT2D eigenvalue weighted by Gasteiger charge is -2.24. The first-order chi connectivity index (χ1) is 9.28. The summed E-state index contributed by atoms with van der Waals surface area (Å²) in [6, 6.07) is 7.30. The van der Waals surface area contributed by atoms with Gasteiger partial charge >= 0.3 is 0 Å². The minimum Gasteiger partial charge on any atom is -0.368 e. The molecular weight excluding hydrogens is 241 g/mol. The van der Waals surface area contributed by atoms with E-state index in [1.165, 1.54) is 32.0 Å². The Hall–Kier alpha value is -1.60. The van der Waals surface area contributed by atoms with Crippen molar-refractivity contribution in [3.8, 4) is 6.07 Å². The third-order valence-electron chi connectivity index (χ3n) is 4.24. The van der Waals surface area contributed by atoms with Crippen LogP contribution >= 0.6 is 0 Å². The molecule has 4 heteroatoms. The second-order valence-corrected chi connectivity index (χ2v) is 5.41. The first kappa shape index (κ1) is 12.4. The van der Waals surface area contributed by atoms with Crippen LogP contribution in [0.5, 0.6) is 0 Å². The van der Waals surface area contributed by atoms with Gasteiger partial charge in [0, 0.05) is 19.1 Å². The zero-order valence-corrected chi connectivity index (χ0v) is 11.0. The molecule has 0 amide bonds. The van der Waals surface area contributed by atoms with E-state index in [-0.39, 0.29) is 5.82 Å². The molecule has 0 aromatic heterocycles. The van der Waals surface area contributed by atoms with Gasteiger partial charge in [-0.2, -0.15) is 5.26 Å². The summed E-state index contributed by atoms with van der Waals surface area (Å²) in [5.74, 6) is -0.277. The standard InChI is InChI=1S/C15H18FN3/c16-14-9-12(10-17)3-4-15(14)19-8-5-13(11-19)18-6-1-2-7-18/h3-4,9,13H,1-2,5-8,11H2. The van der Waals surface area contributed by atoms with E-state index in [4.69, 9.17) is 5.26 Å². The average Bonchev–Trinajstić information content (AvgIpc) is 3.09.